The first-order chi connectivity index (χ1) is 16.4. The molecule has 1 heterocycles. The maximum Gasteiger partial charge on any atom is 0.329 e. The summed E-state index contributed by atoms with van der Waals surface area (Å²) in [6.07, 6.45) is 1.64. The van der Waals surface area contributed by atoms with Gasteiger partial charge in [-0.15, -0.1) is 0 Å². The van der Waals surface area contributed by atoms with Crippen LogP contribution in [0.5, 0.6) is 11.5 Å². The number of hydrogen-bond donors (Lipinski definition) is 1. The van der Waals surface area contributed by atoms with E-state index in [2.05, 4.69) is 37.2 Å². The molecule has 0 spiro atoms. The number of nitrogens with one attached hydrogen (secondary N) is 1. The number of nitrogens with zero attached hydrogens (tertiary/aromatic N) is 1. The van der Waals surface area contributed by atoms with E-state index in [1.54, 1.807) is 18.2 Å². The predicted molar refractivity (Wildman–Crippen MR) is 137 cm³/mol. The van der Waals surface area contributed by atoms with Gasteiger partial charge < -0.3 is 14.8 Å². The third-order valence-electron chi connectivity index (χ3n) is 5.12. The van der Waals surface area contributed by atoms with Gasteiger partial charge in [0, 0.05) is 8.95 Å². The molecule has 8 heteroatoms. The largest absolute Gasteiger partial charge is 0.490 e. The fourth-order valence-corrected chi connectivity index (χ4v) is 4.12. The van der Waals surface area contributed by atoms with Crippen LogP contribution in [0, 0.1) is 0 Å². The van der Waals surface area contributed by atoms with E-state index in [9.17, 15) is 9.59 Å². The lowest BCUT2D eigenvalue weighted by Crippen LogP contribution is -2.30. The molecule has 4 rings (SSSR count). The van der Waals surface area contributed by atoms with Crippen molar-refractivity contribution in [3.8, 4) is 11.5 Å². The van der Waals surface area contributed by atoms with Gasteiger partial charge in [0.1, 0.15) is 12.3 Å². The zero-order chi connectivity index (χ0) is 24.1. The molecular formula is C26H22Br2N2O4. The Morgan fingerprint density at radius 1 is 0.912 bits per heavy atom. The Labute approximate surface area is 214 Å². The second-order valence-electron chi connectivity index (χ2n) is 7.53. The fraction of sp³-hybridized carbons (Fsp3) is 0.154. The molecule has 0 unspecified atom stereocenters. The van der Waals surface area contributed by atoms with E-state index in [1.165, 1.54) is 4.90 Å². The molecule has 0 radical (unpaired) electrons. The van der Waals surface area contributed by atoms with Crippen molar-refractivity contribution in [2.45, 2.75) is 20.1 Å². The third kappa shape index (κ3) is 5.69. The summed E-state index contributed by atoms with van der Waals surface area (Å²) in [5.74, 6) is 0.744. The van der Waals surface area contributed by atoms with Crippen LogP contribution in [0.2, 0.25) is 0 Å². The number of urea groups is 1. The lowest BCUT2D eigenvalue weighted by molar-refractivity contribution is -0.123. The molecule has 1 saturated heterocycles. The summed E-state index contributed by atoms with van der Waals surface area (Å²) in [6, 6.07) is 20.4. The first-order valence-corrected chi connectivity index (χ1v) is 12.2. The van der Waals surface area contributed by atoms with Crippen molar-refractivity contribution in [2.75, 3.05) is 6.61 Å². The zero-order valence-electron chi connectivity index (χ0n) is 18.4. The van der Waals surface area contributed by atoms with Crippen LogP contribution in [-0.4, -0.2) is 23.4 Å². The summed E-state index contributed by atoms with van der Waals surface area (Å²) >= 11 is 6.98. The number of halogens is 2. The quantitative estimate of drug-likeness (QED) is 0.249. The first kappa shape index (κ1) is 24.0. The number of carbonyl (C=O) groups is 2. The van der Waals surface area contributed by atoms with E-state index in [0.717, 1.165) is 15.6 Å². The smallest absolute Gasteiger partial charge is 0.329 e. The van der Waals surface area contributed by atoms with Crippen molar-refractivity contribution in [1.29, 1.82) is 0 Å². The maximum atomic E-state index is 12.9. The van der Waals surface area contributed by atoms with Crippen molar-refractivity contribution in [1.82, 2.24) is 10.2 Å². The molecule has 174 valence electrons. The third-order valence-corrected chi connectivity index (χ3v) is 6.33. The highest BCUT2D eigenvalue weighted by atomic mass is 79.9. The molecule has 0 atom stereocenters. The number of carbonyl (C=O) groups excluding carboxylic acids is 2. The molecule has 1 fully saturated rings. The lowest BCUT2D eigenvalue weighted by Gasteiger charge is -2.14. The van der Waals surface area contributed by atoms with Gasteiger partial charge >= 0.3 is 6.03 Å². The van der Waals surface area contributed by atoms with Gasteiger partial charge in [0.2, 0.25) is 0 Å². The second kappa shape index (κ2) is 10.9. The van der Waals surface area contributed by atoms with Crippen LogP contribution in [0.1, 0.15) is 23.6 Å². The molecule has 1 aliphatic rings. The van der Waals surface area contributed by atoms with Crippen LogP contribution >= 0.6 is 31.9 Å². The molecule has 1 aliphatic heterocycles. The Kier molecular flexibility index (Phi) is 7.70. The van der Waals surface area contributed by atoms with Crippen molar-refractivity contribution >= 4 is 49.9 Å². The molecule has 0 bridgehead atoms. The molecule has 6 nitrogen and oxygen atoms in total. The van der Waals surface area contributed by atoms with E-state index in [0.29, 0.717) is 34.7 Å². The van der Waals surface area contributed by atoms with Crippen LogP contribution in [0.3, 0.4) is 0 Å². The van der Waals surface area contributed by atoms with Crippen LogP contribution in [0.15, 0.2) is 81.4 Å². The first-order valence-electron chi connectivity index (χ1n) is 10.7. The van der Waals surface area contributed by atoms with E-state index < -0.39 is 6.03 Å². The van der Waals surface area contributed by atoms with E-state index in [4.69, 9.17) is 9.47 Å². The summed E-state index contributed by atoms with van der Waals surface area (Å²) in [4.78, 5) is 26.5. The molecule has 0 aromatic heterocycles. The average molecular weight is 586 g/mol. The molecule has 3 aromatic carbocycles. The molecular weight excluding hydrogens is 564 g/mol. The molecule has 3 amide bonds. The SMILES string of the molecule is CCOc1cc(/C=C2/NC(=O)N(Cc3ccccc3)C2=O)c(Br)cc1OCc1ccc(Br)cc1. The minimum Gasteiger partial charge on any atom is -0.490 e. The summed E-state index contributed by atoms with van der Waals surface area (Å²) in [6.45, 7) is 2.92. The van der Waals surface area contributed by atoms with E-state index in [1.807, 2.05) is 61.5 Å². The number of ether oxygens (including phenoxy) is 2. The van der Waals surface area contributed by atoms with Gasteiger partial charge in [-0.25, -0.2) is 4.79 Å². The van der Waals surface area contributed by atoms with Crippen molar-refractivity contribution in [2.24, 2.45) is 0 Å². The summed E-state index contributed by atoms with van der Waals surface area (Å²) < 4.78 is 13.5. The Morgan fingerprint density at radius 3 is 2.32 bits per heavy atom. The average Bonchev–Trinajstić information content (AvgIpc) is 3.09. The summed E-state index contributed by atoms with van der Waals surface area (Å²) in [5.41, 5.74) is 2.78. The number of amides is 3. The fourth-order valence-electron chi connectivity index (χ4n) is 3.42. The molecule has 0 aliphatic carbocycles. The zero-order valence-corrected chi connectivity index (χ0v) is 21.6. The molecule has 3 aromatic rings. The highest BCUT2D eigenvalue weighted by molar-refractivity contribution is 9.10. The van der Waals surface area contributed by atoms with Gasteiger partial charge in [0.25, 0.3) is 5.91 Å². The highest BCUT2D eigenvalue weighted by Gasteiger charge is 2.33. The van der Waals surface area contributed by atoms with Gasteiger partial charge in [-0.3, -0.25) is 9.69 Å². The minimum atomic E-state index is -0.448. The number of imide groups is 1. The summed E-state index contributed by atoms with van der Waals surface area (Å²) in [7, 11) is 0. The Hall–Kier alpha value is -3.10. The van der Waals surface area contributed by atoms with Gasteiger partial charge in [0.15, 0.2) is 11.5 Å². The van der Waals surface area contributed by atoms with Gasteiger partial charge in [-0.2, -0.15) is 0 Å². The Bertz CT molecular complexity index is 1230. The van der Waals surface area contributed by atoms with E-state index in [-0.39, 0.29) is 18.1 Å². The highest BCUT2D eigenvalue weighted by Crippen LogP contribution is 2.36. The van der Waals surface area contributed by atoms with Crippen molar-refractivity contribution in [3.63, 3.8) is 0 Å². The van der Waals surface area contributed by atoms with Gasteiger partial charge in [0.05, 0.1) is 13.2 Å². The molecule has 0 saturated carbocycles. The van der Waals surface area contributed by atoms with Crippen molar-refractivity contribution < 1.29 is 19.1 Å². The number of benzene rings is 3. The van der Waals surface area contributed by atoms with Crippen LogP contribution in [-0.2, 0) is 17.9 Å². The Balaban J connectivity index is 1.55. The standard InChI is InChI=1S/C26H22Br2N2O4/c1-2-33-23-13-19(21(28)14-24(23)34-16-18-8-10-20(27)11-9-18)12-22-25(31)30(26(32)29-22)15-17-6-4-3-5-7-17/h3-14H,2,15-16H2,1H3,(H,29,32)/b22-12+. The monoisotopic (exact) mass is 584 g/mol. The lowest BCUT2D eigenvalue weighted by atomic mass is 10.1. The molecule has 1 N–H and O–H groups in total. The Morgan fingerprint density at radius 2 is 1.62 bits per heavy atom. The van der Waals surface area contributed by atoms with Gasteiger partial charge in [-0.1, -0.05) is 74.3 Å². The normalized spacial score (nSPS) is 14.4. The number of rotatable bonds is 8. The van der Waals surface area contributed by atoms with Crippen LogP contribution in [0.4, 0.5) is 4.79 Å². The van der Waals surface area contributed by atoms with Crippen LogP contribution < -0.4 is 14.8 Å². The van der Waals surface area contributed by atoms with Crippen LogP contribution in [0.25, 0.3) is 6.08 Å². The van der Waals surface area contributed by atoms with Crippen molar-refractivity contribution in [3.05, 3.63) is 98.1 Å². The molecule has 34 heavy (non-hydrogen) atoms. The van der Waals surface area contributed by atoms with E-state index >= 15 is 0 Å². The second-order valence-corrected chi connectivity index (χ2v) is 9.30. The predicted octanol–water partition coefficient (Wildman–Crippen LogP) is 6.28. The maximum absolute atomic E-state index is 12.9. The topological polar surface area (TPSA) is 67.9 Å². The number of hydrogen-bond acceptors (Lipinski definition) is 4. The minimum absolute atomic E-state index is 0.201. The van der Waals surface area contributed by atoms with Gasteiger partial charge in [-0.05, 0) is 54.0 Å². The summed E-state index contributed by atoms with van der Waals surface area (Å²) in [5, 5.41) is 2.67.